The zero-order valence-corrected chi connectivity index (χ0v) is 22.8. The number of nitrogens with two attached hydrogens (primary N) is 5. The minimum absolute atomic E-state index is 0.0588. The quantitative estimate of drug-likeness (QED) is 0.0505. The Bertz CT molecular complexity index is 840. The average molecular weight is 543 g/mol. The largest absolute Gasteiger partial charge is 0.480 e. The van der Waals surface area contributed by atoms with E-state index in [-0.39, 0.29) is 30.8 Å². The number of amides is 3. The molecule has 0 aromatic carbocycles. The maximum atomic E-state index is 13.3. The van der Waals surface area contributed by atoms with Gasteiger partial charge >= 0.3 is 5.97 Å². The third-order valence-corrected chi connectivity index (χ3v) is 5.91. The smallest absolute Gasteiger partial charge is 0.326 e. The normalized spacial score (nSPS) is 14.8. The lowest BCUT2D eigenvalue weighted by Crippen LogP contribution is -2.59. The maximum Gasteiger partial charge on any atom is 0.326 e. The lowest BCUT2D eigenvalue weighted by molar-refractivity contribution is -0.143. The number of nitrogens with zero attached hydrogens (tertiary/aromatic N) is 2. The van der Waals surface area contributed by atoms with Crippen LogP contribution in [0.15, 0.2) is 9.98 Å². The topological polar surface area (TPSA) is 279 Å². The molecule has 0 aliphatic rings. The number of hydrogen-bond donors (Lipinski definition) is 9. The van der Waals surface area contributed by atoms with Crippen molar-refractivity contribution in [2.45, 2.75) is 84.0 Å². The van der Waals surface area contributed by atoms with Crippen molar-refractivity contribution in [1.82, 2.24) is 16.0 Å². The van der Waals surface area contributed by atoms with Crippen molar-refractivity contribution in [3.05, 3.63) is 0 Å². The van der Waals surface area contributed by atoms with Crippen molar-refractivity contribution in [2.75, 3.05) is 13.1 Å². The minimum atomic E-state index is -1.20. The maximum absolute atomic E-state index is 13.3. The number of aliphatic imine (C=N–C) groups is 2. The van der Waals surface area contributed by atoms with Crippen molar-refractivity contribution in [2.24, 2.45) is 50.5 Å². The molecule has 14 N–H and O–H groups in total. The van der Waals surface area contributed by atoms with Gasteiger partial charge in [-0.25, -0.2) is 4.79 Å². The second kappa shape index (κ2) is 17.8. The van der Waals surface area contributed by atoms with Gasteiger partial charge in [0.25, 0.3) is 0 Å². The third-order valence-electron chi connectivity index (χ3n) is 5.91. The van der Waals surface area contributed by atoms with Gasteiger partial charge in [0.05, 0.1) is 6.04 Å². The van der Waals surface area contributed by atoms with Gasteiger partial charge in [-0.1, -0.05) is 34.1 Å². The summed E-state index contributed by atoms with van der Waals surface area (Å²) in [7, 11) is 0. The Morgan fingerprint density at radius 2 is 1.26 bits per heavy atom. The van der Waals surface area contributed by atoms with Gasteiger partial charge in [0.2, 0.25) is 17.7 Å². The van der Waals surface area contributed by atoms with E-state index in [2.05, 4.69) is 25.9 Å². The van der Waals surface area contributed by atoms with Crippen LogP contribution in [0.5, 0.6) is 0 Å². The molecule has 38 heavy (non-hydrogen) atoms. The number of carbonyl (C=O) groups excluding carboxylic acids is 3. The summed E-state index contributed by atoms with van der Waals surface area (Å²) in [6.45, 7) is 7.45. The summed E-state index contributed by atoms with van der Waals surface area (Å²) < 4.78 is 0. The van der Waals surface area contributed by atoms with Crippen LogP contribution in [-0.4, -0.2) is 78.0 Å². The van der Waals surface area contributed by atoms with Crippen LogP contribution < -0.4 is 44.6 Å². The third kappa shape index (κ3) is 13.6. The summed E-state index contributed by atoms with van der Waals surface area (Å²) in [5.74, 6) is -3.86. The number of carboxylic acid groups (broad SMARTS) is 1. The molecule has 0 aromatic heterocycles. The summed E-state index contributed by atoms with van der Waals surface area (Å²) >= 11 is 0. The lowest BCUT2D eigenvalue weighted by Gasteiger charge is -2.28. The average Bonchev–Trinajstić information content (AvgIpc) is 2.83. The molecule has 0 saturated heterocycles. The fraction of sp³-hybridized carbons (Fsp3) is 0.739. The Labute approximate surface area is 223 Å². The van der Waals surface area contributed by atoms with E-state index in [0.717, 1.165) is 0 Å². The first kappa shape index (κ1) is 34.4. The van der Waals surface area contributed by atoms with Gasteiger partial charge in [-0.2, -0.15) is 0 Å². The monoisotopic (exact) mass is 542 g/mol. The van der Waals surface area contributed by atoms with Crippen molar-refractivity contribution in [3.63, 3.8) is 0 Å². The molecule has 0 spiro atoms. The van der Waals surface area contributed by atoms with E-state index in [1.807, 2.05) is 6.92 Å². The molecule has 0 aliphatic carbocycles. The van der Waals surface area contributed by atoms with E-state index in [1.165, 1.54) is 0 Å². The van der Waals surface area contributed by atoms with Gasteiger partial charge in [-0.05, 0) is 37.5 Å². The Morgan fingerprint density at radius 1 is 0.763 bits per heavy atom. The molecule has 15 heteroatoms. The van der Waals surface area contributed by atoms with Crippen LogP contribution in [0.1, 0.15) is 59.8 Å². The number of aliphatic carboxylic acids is 1. The summed E-state index contributed by atoms with van der Waals surface area (Å²) in [5, 5.41) is 17.3. The van der Waals surface area contributed by atoms with Crippen molar-refractivity contribution in [3.8, 4) is 0 Å². The molecule has 15 nitrogen and oxygen atoms in total. The van der Waals surface area contributed by atoms with E-state index in [0.29, 0.717) is 32.2 Å². The van der Waals surface area contributed by atoms with Gasteiger partial charge in [0, 0.05) is 13.1 Å². The van der Waals surface area contributed by atoms with Crippen molar-refractivity contribution >= 4 is 35.6 Å². The molecule has 0 radical (unpaired) electrons. The molecule has 0 fully saturated rings. The number of carboxylic acids is 1. The molecule has 0 aliphatic heterocycles. The van der Waals surface area contributed by atoms with Crippen LogP contribution in [0.4, 0.5) is 0 Å². The first-order valence-corrected chi connectivity index (χ1v) is 12.7. The highest BCUT2D eigenvalue weighted by atomic mass is 16.4. The number of rotatable bonds is 18. The van der Waals surface area contributed by atoms with E-state index < -0.39 is 53.8 Å². The first-order chi connectivity index (χ1) is 17.7. The highest BCUT2D eigenvalue weighted by molar-refractivity contribution is 5.94. The van der Waals surface area contributed by atoms with E-state index >= 15 is 0 Å². The molecular formula is C23H46N10O5. The van der Waals surface area contributed by atoms with Crippen LogP contribution in [0.25, 0.3) is 0 Å². The second-order valence-corrected chi connectivity index (χ2v) is 9.51. The SMILES string of the molecule is CCC(C)C(NC(=O)C(N)CCCN=C(N)N)C(=O)NC(CCCN=C(N)N)C(=O)NC(C(=O)O)C(C)C. The minimum Gasteiger partial charge on any atom is -0.480 e. The Balaban J connectivity index is 5.58. The van der Waals surface area contributed by atoms with E-state index in [1.54, 1.807) is 20.8 Å². The fourth-order valence-electron chi connectivity index (χ4n) is 3.41. The summed E-state index contributed by atoms with van der Waals surface area (Å²) in [4.78, 5) is 58.3. The predicted octanol–water partition coefficient (Wildman–Crippen LogP) is -2.34. The van der Waals surface area contributed by atoms with Crippen LogP contribution in [0, 0.1) is 11.8 Å². The van der Waals surface area contributed by atoms with Crippen LogP contribution in [0.3, 0.4) is 0 Å². The molecule has 5 unspecified atom stereocenters. The number of guanidine groups is 2. The molecule has 0 bridgehead atoms. The highest BCUT2D eigenvalue weighted by Gasteiger charge is 2.32. The van der Waals surface area contributed by atoms with Gasteiger partial charge in [-0.15, -0.1) is 0 Å². The molecule has 3 amide bonds. The Morgan fingerprint density at radius 3 is 1.71 bits per heavy atom. The second-order valence-electron chi connectivity index (χ2n) is 9.51. The van der Waals surface area contributed by atoms with Gasteiger partial charge in [0.1, 0.15) is 18.1 Å². The summed E-state index contributed by atoms with van der Waals surface area (Å²) in [6, 6.07) is -4.12. The summed E-state index contributed by atoms with van der Waals surface area (Å²) in [5.41, 5.74) is 27.2. The van der Waals surface area contributed by atoms with Gasteiger partial charge < -0.3 is 49.7 Å². The van der Waals surface area contributed by atoms with Crippen LogP contribution in [0.2, 0.25) is 0 Å². The number of carbonyl (C=O) groups is 4. The van der Waals surface area contributed by atoms with Gasteiger partial charge in [0.15, 0.2) is 11.9 Å². The standard InChI is InChI=1S/C23H46N10O5/c1-5-13(4)17(33-18(34)14(24)8-6-10-29-22(25)26)20(36)31-15(9-7-11-30-23(27)28)19(35)32-16(12(2)3)21(37)38/h12-17H,5-11,24H2,1-4H3,(H,31,36)(H,32,35)(H,33,34)(H,37,38)(H4,25,26,29)(H4,27,28,30). The molecule has 5 atom stereocenters. The van der Waals surface area contributed by atoms with Crippen LogP contribution in [-0.2, 0) is 19.2 Å². The van der Waals surface area contributed by atoms with Crippen molar-refractivity contribution < 1.29 is 24.3 Å². The predicted molar refractivity (Wildman–Crippen MR) is 146 cm³/mol. The number of nitrogens with one attached hydrogen (secondary N) is 3. The first-order valence-electron chi connectivity index (χ1n) is 12.7. The highest BCUT2D eigenvalue weighted by Crippen LogP contribution is 2.11. The Kier molecular flexibility index (Phi) is 16.1. The zero-order chi connectivity index (χ0) is 29.4. The molecule has 0 heterocycles. The van der Waals surface area contributed by atoms with E-state index in [9.17, 15) is 24.3 Å². The fourth-order valence-corrected chi connectivity index (χ4v) is 3.41. The van der Waals surface area contributed by atoms with Gasteiger partial charge in [-0.3, -0.25) is 24.4 Å². The van der Waals surface area contributed by atoms with E-state index in [4.69, 9.17) is 28.7 Å². The summed E-state index contributed by atoms with van der Waals surface area (Å²) in [6.07, 6.45) is 1.76. The molecule has 0 saturated carbocycles. The molecule has 218 valence electrons. The lowest BCUT2D eigenvalue weighted by atomic mass is 9.96. The molecule has 0 rings (SSSR count). The molecular weight excluding hydrogens is 496 g/mol. The molecule has 0 aromatic rings. The zero-order valence-electron chi connectivity index (χ0n) is 22.8. The van der Waals surface area contributed by atoms with Crippen molar-refractivity contribution in [1.29, 1.82) is 0 Å². The van der Waals surface area contributed by atoms with Crippen LogP contribution >= 0.6 is 0 Å². The Hall–Kier alpha value is -3.62. The number of hydrogen-bond acceptors (Lipinski definition) is 7.